The predicted octanol–water partition coefficient (Wildman–Crippen LogP) is -2.03. The summed E-state index contributed by atoms with van der Waals surface area (Å²) in [5, 5.41) is 21.5. The summed E-state index contributed by atoms with van der Waals surface area (Å²) in [6, 6.07) is 8.21. The van der Waals surface area contributed by atoms with Crippen molar-refractivity contribution in [2.45, 2.75) is 38.4 Å². The second kappa shape index (κ2) is 18.7. The van der Waals surface area contributed by atoms with Crippen LogP contribution in [0, 0.1) is 11.3 Å². The van der Waals surface area contributed by atoms with E-state index < -0.39 is 60.1 Å². The fourth-order valence-corrected chi connectivity index (χ4v) is 5.04. The Morgan fingerprint density at radius 1 is 0.920 bits per heavy atom. The van der Waals surface area contributed by atoms with E-state index >= 15 is 0 Å². The average molecular weight is 694 g/mol. The van der Waals surface area contributed by atoms with Gasteiger partial charge in [0.1, 0.15) is 49.4 Å². The lowest BCUT2D eigenvalue weighted by Gasteiger charge is -2.30. The Morgan fingerprint density at radius 3 is 2.18 bits per heavy atom. The predicted molar refractivity (Wildman–Crippen MR) is 180 cm³/mol. The van der Waals surface area contributed by atoms with Gasteiger partial charge < -0.3 is 52.4 Å². The largest absolute Gasteiger partial charge is 0.492 e. The molecule has 0 unspecified atom stereocenters. The first-order valence-electron chi connectivity index (χ1n) is 15.8. The van der Waals surface area contributed by atoms with Crippen LogP contribution in [-0.2, 0) is 35.2 Å². The molecular weight excluding hydrogens is 650 g/mol. The van der Waals surface area contributed by atoms with E-state index in [1.54, 1.807) is 36.4 Å². The number of amides is 6. The Bertz CT molecular complexity index is 1630. The molecule has 268 valence electrons. The van der Waals surface area contributed by atoms with E-state index in [4.69, 9.17) is 26.2 Å². The molecule has 1 aliphatic rings. The number of ether oxygens (including phenoxy) is 2. The standard InChI is InChI=1S/C33H43N9O8/c1-19-31(46)41-25(32(47)37-11-8-34)15-21-4-6-26(49-12-9-35)23(14-21)24-16-22(5-7-27(24)50-13-10-36)30(33(48)40-19)42(3)29(45)18-39-28(44)17-38-20(2)43/h4-7,14,16,19,25,30H,9-13,15,17-18,35-36H2,1-3H3,(H,37,47)(H,38,43)(H,39,44)(H,40,48)(H,41,46)/t19-,25-,30-/m0/s1. The summed E-state index contributed by atoms with van der Waals surface area (Å²) in [6.45, 7) is 2.24. The Morgan fingerprint density at radius 2 is 1.56 bits per heavy atom. The van der Waals surface area contributed by atoms with Crippen LogP contribution in [0.15, 0.2) is 36.4 Å². The van der Waals surface area contributed by atoms with Crippen molar-refractivity contribution in [2.24, 2.45) is 11.5 Å². The van der Waals surface area contributed by atoms with Gasteiger partial charge >= 0.3 is 0 Å². The number of carbonyl (C=O) groups excluding carboxylic acids is 6. The van der Waals surface area contributed by atoms with Crippen LogP contribution in [0.4, 0.5) is 0 Å². The molecule has 6 amide bonds. The molecule has 50 heavy (non-hydrogen) atoms. The van der Waals surface area contributed by atoms with Crippen molar-refractivity contribution in [1.29, 1.82) is 5.26 Å². The minimum atomic E-state index is -1.33. The number of carbonyl (C=O) groups is 6. The quantitative estimate of drug-likeness (QED) is 0.113. The number of nitrogens with two attached hydrogens (primary N) is 2. The monoisotopic (exact) mass is 693 g/mol. The zero-order chi connectivity index (χ0) is 36.8. The molecule has 0 spiro atoms. The lowest BCUT2D eigenvalue weighted by molar-refractivity contribution is -0.140. The van der Waals surface area contributed by atoms with Gasteiger partial charge in [-0.1, -0.05) is 12.1 Å². The third kappa shape index (κ3) is 10.6. The van der Waals surface area contributed by atoms with Crippen molar-refractivity contribution in [2.75, 3.05) is 53.0 Å². The van der Waals surface area contributed by atoms with Crippen LogP contribution < -0.4 is 47.5 Å². The highest BCUT2D eigenvalue weighted by atomic mass is 16.5. The lowest BCUT2D eigenvalue weighted by Crippen LogP contribution is -2.55. The van der Waals surface area contributed by atoms with Gasteiger partial charge in [-0.05, 0) is 42.3 Å². The SMILES string of the molecule is CC(=O)NCC(=O)NCC(=O)N(C)[C@@H]1C(=O)N[C@@H](C)C(=O)N[C@H](C(=O)NCC#N)Cc2ccc(OCCN)c(c2)-c2cc1ccc2OCCN. The summed E-state index contributed by atoms with van der Waals surface area (Å²) >= 11 is 0. The highest BCUT2D eigenvalue weighted by molar-refractivity contribution is 5.96. The van der Waals surface area contributed by atoms with E-state index in [-0.39, 0.29) is 45.8 Å². The number of nitrogens with zero attached hydrogens (tertiary/aromatic N) is 2. The van der Waals surface area contributed by atoms with Crippen molar-refractivity contribution in [3.05, 3.63) is 47.5 Å². The molecule has 0 saturated carbocycles. The van der Waals surface area contributed by atoms with Crippen LogP contribution in [0.5, 0.6) is 11.5 Å². The number of nitrogens with one attached hydrogen (secondary N) is 5. The van der Waals surface area contributed by atoms with Crippen LogP contribution in [0.3, 0.4) is 0 Å². The Hall–Kier alpha value is -5.73. The molecular formula is C33H43N9O8. The van der Waals surface area contributed by atoms with E-state index in [0.717, 1.165) is 4.90 Å². The summed E-state index contributed by atoms with van der Waals surface area (Å²) in [4.78, 5) is 78.3. The van der Waals surface area contributed by atoms with Crippen molar-refractivity contribution in [1.82, 2.24) is 31.5 Å². The first-order chi connectivity index (χ1) is 23.9. The molecule has 1 heterocycles. The van der Waals surface area contributed by atoms with Crippen molar-refractivity contribution in [3.63, 3.8) is 0 Å². The average Bonchev–Trinajstić information content (AvgIpc) is 3.09. The summed E-state index contributed by atoms with van der Waals surface area (Å²) < 4.78 is 12.0. The van der Waals surface area contributed by atoms with E-state index in [9.17, 15) is 28.8 Å². The highest BCUT2D eigenvalue weighted by Gasteiger charge is 2.33. The number of likely N-dealkylation sites (N-methyl/N-ethyl adjacent to an activating group) is 1. The third-order valence-electron chi connectivity index (χ3n) is 7.53. The van der Waals surface area contributed by atoms with Crippen molar-refractivity contribution >= 4 is 35.4 Å². The van der Waals surface area contributed by atoms with E-state index in [0.29, 0.717) is 33.8 Å². The highest BCUT2D eigenvalue weighted by Crippen LogP contribution is 2.40. The Balaban J connectivity index is 2.20. The maximum atomic E-state index is 14.0. The third-order valence-corrected chi connectivity index (χ3v) is 7.53. The van der Waals surface area contributed by atoms with Gasteiger partial charge in [0.05, 0.1) is 19.2 Å². The maximum absolute atomic E-state index is 14.0. The van der Waals surface area contributed by atoms with Gasteiger partial charge in [0.25, 0.3) is 0 Å². The zero-order valence-electron chi connectivity index (χ0n) is 28.2. The normalized spacial score (nSPS) is 17.1. The molecule has 0 aliphatic carbocycles. The molecule has 0 fully saturated rings. The molecule has 1 aliphatic heterocycles. The fraction of sp³-hybridized carbons (Fsp3) is 0.424. The summed E-state index contributed by atoms with van der Waals surface area (Å²) in [5.74, 6) is -2.99. The number of benzene rings is 2. The summed E-state index contributed by atoms with van der Waals surface area (Å²) in [6.07, 6.45) is 0.0139. The summed E-state index contributed by atoms with van der Waals surface area (Å²) in [7, 11) is 1.37. The van der Waals surface area contributed by atoms with Gasteiger partial charge in [-0.2, -0.15) is 5.26 Å². The number of hydrogen-bond acceptors (Lipinski definition) is 11. The van der Waals surface area contributed by atoms with Gasteiger partial charge in [-0.15, -0.1) is 0 Å². The number of rotatable bonds is 13. The van der Waals surface area contributed by atoms with Crippen molar-refractivity contribution in [3.8, 4) is 28.7 Å². The maximum Gasteiger partial charge on any atom is 0.248 e. The van der Waals surface area contributed by atoms with Crippen LogP contribution in [0.1, 0.15) is 31.0 Å². The van der Waals surface area contributed by atoms with Crippen LogP contribution in [0.25, 0.3) is 11.1 Å². The van der Waals surface area contributed by atoms with Gasteiger partial charge in [0, 0.05) is 44.6 Å². The van der Waals surface area contributed by atoms with Gasteiger partial charge in [0.15, 0.2) is 0 Å². The zero-order valence-corrected chi connectivity index (χ0v) is 28.2. The molecule has 0 saturated heterocycles. The van der Waals surface area contributed by atoms with Crippen LogP contribution in [-0.4, -0.2) is 105 Å². The van der Waals surface area contributed by atoms with Crippen molar-refractivity contribution < 1.29 is 38.2 Å². The van der Waals surface area contributed by atoms with Gasteiger partial charge in [-0.25, -0.2) is 0 Å². The lowest BCUT2D eigenvalue weighted by atomic mass is 9.93. The second-order valence-corrected chi connectivity index (χ2v) is 11.3. The second-order valence-electron chi connectivity index (χ2n) is 11.3. The molecule has 0 aromatic heterocycles. The molecule has 2 aromatic carbocycles. The Labute approximate surface area is 289 Å². The topological polar surface area (TPSA) is 260 Å². The van der Waals surface area contributed by atoms with Crippen LogP contribution >= 0.6 is 0 Å². The minimum Gasteiger partial charge on any atom is -0.492 e. The van der Waals surface area contributed by atoms with E-state index in [1.807, 2.05) is 6.07 Å². The van der Waals surface area contributed by atoms with E-state index in [1.165, 1.54) is 20.9 Å². The molecule has 3 atom stereocenters. The molecule has 17 heteroatoms. The van der Waals surface area contributed by atoms with Crippen LogP contribution in [0.2, 0.25) is 0 Å². The van der Waals surface area contributed by atoms with Gasteiger partial charge in [0.2, 0.25) is 35.4 Å². The number of hydrogen-bond donors (Lipinski definition) is 7. The Kier molecular flexibility index (Phi) is 14.5. The summed E-state index contributed by atoms with van der Waals surface area (Å²) in [5.41, 5.74) is 13.4. The number of fused-ring (bicyclic) bond motifs is 5. The number of nitriles is 1. The molecule has 3 rings (SSSR count). The molecule has 9 N–H and O–H groups in total. The smallest absolute Gasteiger partial charge is 0.248 e. The first kappa shape index (κ1) is 38.7. The molecule has 4 bridgehead atoms. The first-order valence-corrected chi connectivity index (χ1v) is 15.8. The minimum absolute atomic E-state index is 0.0139. The fourth-order valence-electron chi connectivity index (χ4n) is 5.04. The molecule has 0 radical (unpaired) electrons. The molecule has 2 aromatic rings. The molecule has 17 nitrogen and oxygen atoms in total. The van der Waals surface area contributed by atoms with E-state index in [2.05, 4.69) is 26.6 Å². The van der Waals surface area contributed by atoms with Gasteiger partial charge in [-0.3, -0.25) is 28.8 Å².